The predicted octanol–water partition coefficient (Wildman–Crippen LogP) is 1.68. The number of nitrogens with one attached hydrogen (secondary N) is 1. The van der Waals surface area contributed by atoms with Crippen LogP contribution in [0.15, 0.2) is 0 Å². The van der Waals surface area contributed by atoms with E-state index < -0.39 is 10.1 Å². The lowest BCUT2D eigenvalue weighted by Crippen LogP contribution is -2.32. The van der Waals surface area contributed by atoms with Crippen molar-refractivity contribution in [3.63, 3.8) is 0 Å². The number of hydroxylamine groups is 1. The average Bonchev–Trinajstić information content (AvgIpc) is 2.03. The highest BCUT2D eigenvalue weighted by Crippen LogP contribution is 2.03. The Balaban J connectivity index is 3.98. The molecule has 4 nitrogen and oxygen atoms in total. The van der Waals surface area contributed by atoms with Crippen molar-refractivity contribution >= 4 is 10.1 Å². The van der Waals surface area contributed by atoms with Crippen LogP contribution in [-0.4, -0.2) is 20.2 Å². The molecule has 0 spiro atoms. The maximum absolute atomic E-state index is 11.3. The molecule has 14 heavy (non-hydrogen) atoms. The second-order valence-corrected chi connectivity index (χ2v) is 5.45. The van der Waals surface area contributed by atoms with Crippen LogP contribution in [0, 0.1) is 5.92 Å². The highest BCUT2D eigenvalue weighted by molar-refractivity contribution is 7.86. The second-order valence-electron chi connectivity index (χ2n) is 3.83. The van der Waals surface area contributed by atoms with Crippen molar-refractivity contribution in [2.24, 2.45) is 5.92 Å². The molecule has 0 rings (SSSR count). The van der Waals surface area contributed by atoms with Crippen molar-refractivity contribution in [1.82, 2.24) is 5.48 Å². The summed E-state index contributed by atoms with van der Waals surface area (Å²) in [6.45, 7) is 7.66. The Bertz CT molecular complexity index is 232. The van der Waals surface area contributed by atoms with Crippen molar-refractivity contribution < 1.29 is 12.7 Å². The third kappa shape index (κ3) is 6.34. The molecular weight excluding hydrogens is 202 g/mol. The highest BCUT2D eigenvalue weighted by Gasteiger charge is 2.15. The van der Waals surface area contributed by atoms with E-state index in [-0.39, 0.29) is 17.7 Å². The summed E-state index contributed by atoms with van der Waals surface area (Å²) in [4.78, 5) is 0. The van der Waals surface area contributed by atoms with Gasteiger partial charge in [-0.15, -0.1) is 0 Å². The van der Waals surface area contributed by atoms with Crippen molar-refractivity contribution in [2.75, 3.05) is 5.75 Å². The van der Waals surface area contributed by atoms with E-state index in [0.717, 1.165) is 12.8 Å². The summed E-state index contributed by atoms with van der Waals surface area (Å²) in [5.74, 6) is 0.142. The van der Waals surface area contributed by atoms with E-state index in [4.69, 9.17) is 4.28 Å². The van der Waals surface area contributed by atoms with Crippen LogP contribution in [0.5, 0.6) is 0 Å². The van der Waals surface area contributed by atoms with Gasteiger partial charge in [0.15, 0.2) is 0 Å². The molecule has 86 valence electrons. The van der Waals surface area contributed by atoms with Gasteiger partial charge in [0.05, 0.1) is 5.75 Å². The summed E-state index contributed by atoms with van der Waals surface area (Å²) in [7, 11) is -3.41. The summed E-state index contributed by atoms with van der Waals surface area (Å²) in [5, 5.41) is 0. The van der Waals surface area contributed by atoms with Crippen LogP contribution in [0.2, 0.25) is 0 Å². The zero-order valence-electron chi connectivity index (χ0n) is 9.41. The van der Waals surface area contributed by atoms with Gasteiger partial charge in [-0.1, -0.05) is 27.7 Å². The number of rotatable bonds is 7. The fraction of sp³-hybridized carbons (Fsp3) is 1.00. The van der Waals surface area contributed by atoms with Gasteiger partial charge in [-0.2, -0.15) is 18.2 Å². The molecule has 0 aromatic carbocycles. The van der Waals surface area contributed by atoms with Gasteiger partial charge < -0.3 is 0 Å². The quantitative estimate of drug-likeness (QED) is 0.667. The standard InChI is InChI=1S/C9H21NO3S/c1-5-9(6-2)10-13-14(11,12)7-8(3)4/h8-10H,5-7H2,1-4H3. The Labute approximate surface area is 87.1 Å². The zero-order chi connectivity index (χ0) is 11.2. The molecule has 0 unspecified atom stereocenters. The second kappa shape index (κ2) is 6.37. The van der Waals surface area contributed by atoms with Crippen LogP contribution in [0.1, 0.15) is 40.5 Å². The first-order chi connectivity index (χ1) is 6.41. The van der Waals surface area contributed by atoms with Gasteiger partial charge in [-0.3, -0.25) is 0 Å². The number of hydrogen-bond acceptors (Lipinski definition) is 4. The summed E-state index contributed by atoms with van der Waals surface area (Å²) in [5.41, 5.74) is 2.58. The molecule has 0 aliphatic heterocycles. The molecule has 0 radical (unpaired) electrons. The molecule has 1 N–H and O–H groups in total. The van der Waals surface area contributed by atoms with Gasteiger partial charge in [-0.25, -0.2) is 0 Å². The highest BCUT2D eigenvalue weighted by atomic mass is 32.2. The van der Waals surface area contributed by atoms with E-state index in [1.807, 2.05) is 27.7 Å². The first-order valence-electron chi connectivity index (χ1n) is 5.08. The molecule has 0 fully saturated rings. The first-order valence-corrected chi connectivity index (χ1v) is 6.65. The topological polar surface area (TPSA) is 55.4 Å². The first kappa shape index (κ1) is 13.9. The van der Waals surface area contributed by atoms with Crippen LogP contribution >= 0.6 is 0 Å². The van der Waals surface area contributed by atoms with E-state index in [0.29, 0.717) is 0 Å². The summed E-state index contributed by atoms with van der Waals surface area (Å²) >= 11 is 0. The average molecular weight is 223 g/mol. The molecule has 0 aromatic rings. The van der Waals surface area contributed by atoms with Crippen LogP contribution in [0.3, 0.4) is 0 Å². The smallest absolute Gasteiger partial charge is 0.198 e. The Kier molecular flexibility index (Phi) is 6.31. The van der Waals surface area contributed by atoms with Crippen LogP contribution in [0.4, 0.5) is 0 Å². The molecule has 0 amide bonds. The zero-order valence-corrected chi connectivity index (χ0v) is 10.2. The molecule has 0 aromatic heterocycles. The van der Waals surface area contributed by atoms with Gasteiger partial charge in [-0.05, 0) is 18.8 Å². The number of hydrogen-bond donors (Lipinski definition) is 1. The van der Waals surface area contributed by atoms with Gasteiger partial charge >= 0.3 is 0 Å². The monoisotopic (exact) mass is 223 g/mol. The Morgan fingerprint density at radius 2 is 1.71 bits per heavy atom. The Morgan fingerprint density at radius 1 is 1.21 bits per heavy atom. The van der Waals surface area contributed by atoms with Crippen molar-refractivity contribution in [2.45, 2.75) is 46.6 Å². The van der Waals surface area contributed by atoms with Gasteiger partial charge in [0, 0.05) is 6.04 Å². The Hall–Kier alpha value is -0.130. The maximum atomic E-state index is 11.3. The van der Waals surface area contributed by atoms with Gasteiger partial charge in [0.1, 0.15) is 0 Å². The lowest BCUT2D eigenvalue weighted by Gasteiger charge is -2.14. The lowest BCUT2D eigenvalue weighted by atomic mass is 10.2. The fourth-order valence-corrected chi connectivity index (χ4v) is 2.21. The van der Waals surface area contributed by atoms with Crippen LogP contribution in [-0.2, 0) is 14.4 Å². The van der Waals surface area contributed by atoms with Gasteiger partial charge in [0.25, 0.3) is 10.1 Å². The van der Waals surface area contributed by atoms with Crippen LogP contribution in [0.25, 0.3) is 0 Å². The van der Waals surface area contributed by atoms with E-state index in [1.165, 1.54) is 0 Å². The normalized spacial score (nSPS) is 12.7. The molecule has 0 saturated carbocycles. The van der Waals surface area contributed by atoms with Crippen molar-refractivity contribution in [1.29, 1.82) is 0 Å². The summed E-state index contributed by atoms with van der Waals surface area (Å²) in [6.07, 6.45) is 1.71. The van der Waals surface area contributed by atoms with E-state index in [9.17, 15) is 8.42 Å². The lowest BCUT2D eigenvalue weighted by molar-refractivity contribution is 0.157. The maximum Gasteiger partial charge on any atom is 0.283 e. The molecule has 0 bridgehead atoms. The molecule has 0 saturated heterocycles. The van der Waals surface area contributed by atoms with Gasteiger partial charge in [0.2, 0.25) is 0 Å². The third-order valence-electron chi connectivity index (χ3n) is 1.86. The largest absolute Gasteiger partial charge is 0.283 e. The van der Waals surface area contributed by atoms with E-state index in [1.54, 1.807) is 0 Å². The molecule has 0 atom stereocenters. The molecular formula is C9H21NO3S. The minimum absolute atomic E-state index is 0.0557. The predicted molar refractivity (Wildman–Crippen MR) is 57.2 cm³/mol. The van der Waals surface area contributed by atoms with E-state index in [2.05, 4.69) is 5.48 Å². The summed E-state index contributed by atoms with van der Waals surface area (Å²) < 4.78 is 27.3. The van der Waals surface area contributed by atoms with Crippen molar-refractivity contribution in [3.05, 3.63) is 0 Å². The minimum atomic E-state index is -3.41. The molecule has 0 aliphatic rings. The van der Waals surface area contributed by atoms with Crippen molar-refractivity contribution in [3.8, 4) is 0 Å². The SMILES string of the molecule is CCC(CC)NOS(=O)(=O)CC(C)C. The molecule has 0 aliphatic carbocycles. The van der Waals surface area contributed by atoms with Crippen LogP contribution < -0.4 is 5.48 Å². The molecule has 0 heterocycles. The van der Waals surface area contributed by atoms with E-state index >= 15 is 0 Å². The third-order valence-corrected chi connectivity index (χ3v) is 3.29. The fourth-order valence-electron chi connectivity index (χ4n) is 1.04. The molecule has 5 heteroatoms. The summed E-state index contributed by atoms with van der Waals surface area (Å²) in [6, 6.07) is 0.108. The minimum Gasteiger partial charge on any atom is -0.198 e. The Morgan fingerprint density at radius 3 is 2.07 bits per heavy atom.